The van der Waals surface area contributed by atoms with Crippen LogP contribution in [0, 0.1) is 22.2 Å². The van der Waals surface area contributed by atoms with E-state index >= 15 is 0 Å². The number of sulfonamides is 1. The van der Waals surface area contributed by atoms with Crippen LogP contribution in [0.15, 0.2) is 47.4 Å². The lowest BCUT2D eigenvalue weighted by molar-refractivity contribution is 0.144. The van der Waals surface area contributed by atoms with Gasteiger partial charge in [0.25, 0.3) is 0 Å². The first-order valence-corrected chi connectivity index (χ1v) is 11.6. The molecule has 0 aliphatic carbocycles. The molecule has 1 fully saturated rings. The molecule has 0 saturated carbocycles. The highest BCUT2D eigenvalue weighted by atomic mass is 32.2. The summed E-state index contributed by atoms with van der Waals surface area (Å²) in [5.41, 5.74) is 0.322. The summed E-state index contributed by atoms with van der Waals surface area (Å²) >= 11 is 5.43. The Balaban J connectivity index is 1.49. The van der Waals surface area contributed by atoms with E-state index in [-0.39, 0.29) is 19.8 Å². The van der Waals surface area contributed by atoms with E-state index in [2.05, 4.69) is 5.10 Å². The maximum Gasteiger partial charge on any atom is 0.249 e. The van der Waals surface area contributed by atoms with Crippen molar-refractivity contribution in [3.63, 3.8) is 0 Å². The molecule has 0 amide bonds. The number of piperazine rings is 1. The molecule has 0 spiro atoms. The second-order valence-corrected chi connectivity index (χ2v) is 9.60. The van der Waals surface area contributed by atoms with Crippen molar-refractivity contribution in [1.82, 2.24) is 23.6 Å². The van der Waals surface area contributed by atoms with Gasteiger partial charge in [-0.2, -0.15) is 9.40 Å². The topological polar surface area (TPSA) is 63.4 Å². The van der Waals surface area contributed by atoms with Gasteiger partial charge in [-0.15, -0.1) is 0 Å². The van der Waals surface area contributed by atoms with Crippen LogP contribution in [-0.4, -0.2) is 58.1 Å². The lowest BCUT2D eigenvalue weighted by Crippen LogP contribution is -2.49. The highest BCUT2D eigenvalue weighted by molar-refractivity contribution is 7.89. The molecule has 2 heterocycles. The Kier molecular flexibility index (Phi) is 6.21. The van der Waals surface area contributed by atoms with Crippen LogP contribution < -0.4 is 0 Å². The van der Waals surface area contributed by atoms with E-state index in [4.69, 9.17) is 12.2 Å². The van der Waals surface area contributed by atoms with Crippen LogP contribution in [0.25, 0.3) is 11.4 Å². The van der Waals surface area contributed by atoms with E-state index in [1.165, 1.54) is 10.7 Å². The molecular formula is C20H20F3N5O2S2. The van der Waals surface area contributed by atoms with Crippen LogP contribution in [0.3, 0.4) is 0 Å². The van der Waals surface area contributed by atoms with Crippen molar-refractivity contribution in [3.8, 4) is 11.4 Å². The Morgan fingerprint density at radius 3 is 2.16 bits per heavy atom. The molecule has 12 heteroatoms. The van der Waals surface area contributed by atoms with Gasteiger partial charge in [-0.05, 0) is 36.5 Å². The zero-order valence-corrected chi connectivity index (χ0v) is 18.7. The Morgan fingerprint density at radius 2 is 1.53 bits per heavy atom. The van der Waals surface area contributed by atoms with Crippen molar-refractivity contribution in [2.75, 3.05) is 26.2 Å². The number of aromatic nitrogens is 3. The number of benzene rings is 2. The first-order valence-electron chi connectivity index (χ1n) is 9.75. The van der Waals surface area contributed by atoms with Crippen LogP contribution in [0.4, 0.5) is 13.2 Å². The lowest BCUT2D eigenvalue weighted by atomic mass is 10.2. The zero-order valence-electron chi connectivity index (χ0n) is 17.1. The van der Waals surface area contributed by atoms with Crippen LogP contribution in [0.1, 0.15) is 0 Å². The third kappa shape index (κ3) is 4.10. The van der Waals surface area contributed by atoms with Crippen molar-refractivity contribution in [2.45, 2.75) is 11.6 Å². The molecule has 1 saturated heterocycles. The molecule has 2 aromatic carbocycles. The minimum atomic E-state index is -4.30. The molecule has 1 aliphatic heterocycles. The average molecular weight is 484 g/mol. The zero-order chi connectivity index (χ0) is 23.0. The fraction of sp³-hybridized carbons (Fsp3) is 0.300. The predicted octanol–water partition coefficient (Wildman–Crippen LogP) is 3.00. The molecule has 0 N–H and O–H groups in total. The average Bonchev–Trinajstić information content (AvgIpc) is 3.02. The molecule has 0 bridgehead atoms. The number of halogens is 3. The quantitative estimate of drug-likeness (QED) is 0.522. The van der Waals surface area contributed by atoms with Crippen LogP contribution in [0.2, 0.25) is 0 Å². The van der Waals surface area contributed by atoms with Gasteiger partial charge in [-0.25, -0.2) is 26.3 Å². The molecule has 3 aromatic rings. The summed E-state index contributed by atoms with van der Waals surface area (Å²) in [4.78, 5) is 0.979. The Morgan fingerprint density at radius 1 is 0.938 bits per heavy atom. The molecule has 7 nitrogen and oxygen atoms in total. The first kappa shape index (κ1) is 22.6. The van der Waals surface area contributed by atoms with Crippen molar-refractivity contribution in [3.05, 3.63) is 64.7 Å². The molecule has 0 atom stereocenters. The lowest BCUT2D eigenvalue weighted by Gasteiger charge is -2.33. The van der Waals surface area contributed by atoms with Crippen LogP contribution in [-0.2, 0) is 23.7 Å². The van der Waals surface area contributed by atoms with Gasteiger partial charge >= 0.3 is 0 Å². The monoisotopic (exact) mass is 483 g/mol. The van der Waals surface area contributed by atoms with Gasteiger partial charge in [0.2, 0.25) is 10.0 Å². The number of rotatable bonds is 5. The second kappa shape index (κ2) is 8.77. The third-order valence-corrected chi connectivity index (χ3v) is 7.77. The van der Waals surface area contributed by atoms with E-state index in [1.807, 2.05) is 4.90 Å². The fourth-order valence-corrected chi connectivity index (χ4v) is 5.33. The van der Waals surface area contributed by atoms with Crippen LogP contribution >= 0.6 is 12.2 Å². The summed E-state index contributed by atoms with van der Waals surface area (Å²) in [7, 11) is -2.61. The van der Waals surface area contributed by atoms with Gasteiger partial charge < -0.3 is 4.57 Å². The summed E-state index contributed by atoms with van der Waals surface area (Å²) in [5.74, 6) is -2.27. The highest BCUT2D eigenvalue weighted by Crippen LogP contribution is 2.24. The smallest absolute Gasteiger partial charge is 0.249 e. The maximum atomic E-state index is 14.2. The molecule has 170 valence electrons. The molecule has 4 rings (SSSR count). The summed E-state index contributed by atoms with van der Waals surface area (Å²) in [6.07, 6.45) is 0. The minimum Gasteiger partial charge on any atom is -0.303 e. The summed E-state index contributed by atoms with van der Waals surface area (Å²) in [6, 6.07) is 9.21. The Labute approximate surface area is 188 Å². The van der Waals surface area contributed by atoms with E-state index < -0.39 is 32.4 Å². The van der Waals surface area contributed by atoms with Gasteiger partial charge in [0.15, 0.2) is 15.5 Å². The standard InChI is InChI=1S/C20H20F3N5O2S2/c1-25-19(14-5-2-3-6-15(14)21)24-28(20(25)31)13-26-9-11-27(12-10-26)32(29,30)18-16(22)7-4-8-17(18)23/h2-8H,9-13H2,1H3. The third-order valence-electron chi connectivity index (χ3n) is 5.34. The minimum absolute atomic E-state index is 0.0520. The van der Waals surface area contributed by atoms with Crippen molar-refractivity contribution < 1.29 is 21.6 Å². The molecule has 1 aromatic heterocycles. The Hall–Kier alpha value is -2.54. The van der Waals surface area contributed by atoms with Crippen molar-refractivity contribution in [1.29, 1.82) is 0 Å². The van der Waals surface area contributed by atoms with Gasteiger partial charge in [0.05, 0.1) is 12.2 Å². The number of hydrogen-bond donors (Lipinski definition) is 0. The van der Waals surface area contributed by atoms with E-state index in [9.17, 15) is 21.6 Å². The normalized spacial score (nSPS) is 15.9. The van der Waals surface area contributed by atoms with Gasteiger partial charge in [0.1, 0.15) is 17.5 Å². The van der Waals surface area contributed by atoms with Gasteiger partial charge in [-0.1, -0.05) is 18.2 Å². The predicted molar refractivity (Wildman–Crippen MR) is 114 cm³/mol. The maximum absolute atomic E-state index is 14.2. The van der Waals surface area contributed by atoms with Gasteiger partial charge in [0, 0.05) is 33.2 Å². The molecule has 32 heavy (non-hydrogen) atoms. The van der Waals surface area contributed by atoms with Crippen molar-refractivity contribution in [2.24, 2.45) is 7.05 Å². The summed E-state index contributed by atoms with van der Waals surface area (Å²) in [6.45, 7) is 0.987. The summed E-state index contributed by atoms with van der Waals surface area (Å²) < 4.78 is 72.3. The van der Waals surface area contributed by atoms with Crippen LogP contribution in [0.5, 0.6) is 0 Å². The van der Waals surface area contributed by atoms with E-state index in [0.29, 0.717) is 29.2 Å². The van der Waals surface area contributed by atoms with Gasteiger partial charge in [-0.3, -0.25) is 4.90 Å². The van der Waals surface area contributed by atoms with E-state index in [0.717, 1.165) is 22.5 Å². The SMILES string of the molecule is Cn1c(-c2ccccc2F)nn(CN2CCN(S(=O)(=O)c3c(F)cccc3F)CC2)c1=S. The fourth-order valence-electron chi connectivity index (χ4n) is 3.62. The highest BCUT2D eigenvalue weighted by Gasteiger charge is 2.33. The molecule has 0 radical (unpaired) electrons. The van der Waals surface area contributed by atoms with Crippen molar-refractivity contribution >= 4 is 22.2 Å². The molecular weight excluding hydrogens is 463 g/mol. The molecule has 1 aliphatic rings. The second-order valence-electron chi connectivity index (χ2n) is 7.36. The Bertz CT molecular complexity index is 1290. The molecule has 0 unspecified atom stereocenters. The first-order chi connectivity index (χ1) is 15.2. The van der Waals surface area contributed by atoms with E-state index in [1.54, 1.807) is 29.8 Å². The largest absolute Gasteiger partial charge is 0.303 e. The summed E-state index contributed by atoms with van der Waals surface area (Å²) in [5, 5.41) is 4.44. The number of nitrogens with zero attached hydrogens (tertiary/aromatic N) is 5. The number of hydrogen-bond acceptors (Lipinski definition) is 5.